The van der Waals surface area contributed by atoms with Gasteiger partial charge in [0.05, 0.1) is 41.3 Å². The van der Waals surface area contributed by atoms with E-state index in [1.165, 1.54) is 42.5 Å². The van der Waals surface area contributed by atoms with E-state index in [1.54, 1.807) is 6.07 Å². The number of rotatable bonds is 4. The van der Waals surface area contributed by atoms with E-state index in [2.05, 4.69) is 0 Å². The monoisotopic (exact) mass is 714 g/mol. The molecule has 0 aromatic heterocycles. The first-order valence-corrected chi connectivity index (χ1v) is 17.6. The van der Waals surface area contributed by atoms with Gasteiger partial charge in [0.1, 0.15) is 11.8 Å². The zero-order valence-electron chi connectivity index (χ0n) is 21.9. The third kappa shape index (κ3) is 4.55. The second-order valence-electron chi connectivity index (χ2n) is 10.1. The third-order valence-corrected chi connectivity index (χ3v) is 13.4. The second kappa shape index (κ2) is 10.1. The normalized spacial score (nSPS) is 18.2. The van der Waals surface area contributed by atoms with Crippen LogP contribution in [-0.2, 0) is 19.4 Å². The lowest BCUT2D eigenvalue weighted by atomic mass is 10.0. The standard InChI is InChI=1S/C28H18Cl4N2O8S2/c29-17-7-15(8-18(30)26(17)36)25(35)14-5-6-21-23(11-14)43(39,40)12-34(21)44(41,42)13-33(22-3-1-2-4-24(22)44)28(38)16-9-19(31)27(37)20(32)10-16/h1-11,36-37H,12-13H2,(H,41,42). The number of phenols is 2. The van der Waals surface area contributed by atoms with Crippen molar-refractivity contribution in [1.29, 1.82) is 0 Å². The number of halogens is 4. The average Bonchev–Trinajstić information content (AvgIpc) is 3.41. The highest BCUT2D eigenvalue weighted by Crippen LogP contribution is 2.54. The fourth-order valence-electron chi connectivity index (χ4n) is 5.18. The van der Waals surface area contributed by atoms with Gasteiger partial charge in [0.25, 0.3) is 5.91 Å². The summed E-state index contributed by atoms with van der Waals surface area (Å²) >= 11 is 23.9. The Morgan fingerprint density at radius 3 is 1.89 bits per heavy atom. The van der Waals surface area contributed by atoms with Gasteiger partial charge >= 0.3 is 0 Å². The Labute approximate surface area is 270 Å². The molecular weight excluding hydrogens is 698 g/mol. The third-order valence-electron chi connectivity index (χ3n) is 7.32. The van der Waals surface area contributed by atoms with E-state index in [9.17, 15) is 37.0 Å². The minimum atomic E-state index is -5.37. The topological polar surface area (TPSA) is 153 Å². The Hall–Kier alpha value is -3.36. The van der Waals surface area contributed by atoms with Gasteiger partial charge in [-0.05, 0) is 54.6 Å². The number of aromatic hydroxyl groups is 2. The summed E-state index contributed by atoms with van der Waals surface area (Å²) in [6, 6.07) is 14.1. The summed E-state index contributed by atoms with van der Waals surface area (Å²) in [4.78, 5) is 27.3. The van der Waals surface area contributed by atoms with Crippen molar-refractivity contribution in [2.45, 2.75) is 9.79 Å². The van der Waals surface area contributed by atoms with E-state index in [1.807, 2.05) is 0 Å². The highest BCUT2D eigenvalue weighted by atomic mass is 35.5. The van der Waals surface area contributed by atoms with Crippen LogP contribution in [0.2, 0.25) is 20.1 Å². The molecule has 3 N–H and O–H groups in total. The molecule has 2 aliphatic heterocycles. The van der Waals surface area contributed by atoms with Crippen molar-refractivity contribution < 1.29 is 37.0 Å². The molecule has 0 spiro atoms. The lowest BCUT2D eigenvalue weighted by Gasteiger charge is -2.47. The number of carbonyl (C=O) groups excluding carboxylic acids is 2. The van der Waals surface area contributed by atoms with Gasteiger partial charge < -0.3 is 10.2 Å². The zero-order chi connectivity index (χ0) is 32.0. The summed E-state index contributed by atoms with van der Waals surface area (Å²) in [5.41, 5.74) is -0.291. The van der Waals surface area contributed by atoms with Crippen LogP contribution in [0, 0.1) is 0 Å². The molecule has 44 heavy (non-hydrogen) atoms. The van der Waals surface area contributed by atoms with E-state index in [0.717, 1.165) is 27.4 Å². The minimum absolute atomic E-state index is 0.0236. The number of hydrogen-bond donors (Lipinski definition) is 3. The molecule has 4 aromatic rings. The smallest absolute Gasteiger partial charge is 0.259 e. The Bertz CT molecular complexity index is 2110. The number of fused-ring (bicyclic) bond motifs is 2. The number of phenolic OH excluding ortho intramolecular Hbond substituents is 2. The molecular formula is C28H18Cl4N2O8S2. The molecule has 0 bridgehead atoms. The predicted molar refractivity (Wildman–Crippen MR) is 168 cm³/mol. The van der Waals surface area contributed by atoms with Crippen molar-refractivity contribution in [3.63, 3.8) is 0 Å². The Morgan fingerprint density at radius 2 is 1.30 bits per heavy atom. The molecule has 1 amide bonds. The van der Waals surface area contributed by atoms with Crippen LogP contribution < -0.4 is 9.21 Å². The summed E-state index contributed by atoms with van der Waals surface area (Å²) in [5, 5.41) is 19.0. The van der Waals surface area contributed by atoms with Crippen LogP contribution in [0.3, 0.4) is 0 Å². The fourth-order valence-corrected chi connectivity index (χ4v) is 11.6. The summed E-state index contributed by atoms with van der Waals surface area (Å²) in [6.07, 6.45) is 0. The van der Waals surface area contributed by atoms with Crippen LogP contribution in [0.5, 0.6) is 11.5 Å². The van der Waals surface area contributed by atoms with Gasteiger partial charge in [0.2, 0.25) is 0 Å². The SMILES string of the molecule is O=C(c1cc(Cl)c(O)c(Cl)c1)c1ccc2c(c1)S(=O)(=O)CN2S1(=O)(O)CN(C(=O)c2cc(Cl)c(O)c(Cl)c2)c2ccccc21. The molecule has 2 aliphatic rings. The van der Waals surface area contributed by atoms with Crippen LogP contribution in [0.1, 0.15) is 26.3 Å². The van der Waals surface area contributed by atoms with Crippen molar-refractivity contribution >= 4 is 88.8 Å². The number of ketones is 1. The quantitative estimate of drug-likeness (QED) is 0.206. The van der Waals surface area contributed by atoms with Crippen LogP contribution >= 0.6 is 46.4 Å². The highest BCUT2D eigenvalue weighted by Gasteiger charge is 2.53. The van der Waals surface area contributed by atoms with E-state index in [-0.39, 0.29) is 57.9 Å². The molecule has 10 nitrogen and oxygen atoms in total. The molecule has 0 saturated carbocycles. The van der Waals surface area contributed by atoms with Crippen LogP contribution in [0.15, 0.2) is 76.5 Å². The summed E-state index contributed by atoms with van der Waals surface area (Å²) in [5.74, 6) is -4.07. The number of amides is 1. The molecule has 2 heterocycles. The van der Waals surface area contributed by atoms with Crippen LogP contribution in [0.4, 0.5) is 11.4 Å². The van der Waals surface area contributed by atoms with E-state index in [0.29, 0.717) is 0 Å². The molecule has 0 atom stereocenters. The molecule has 0 unspecified atom stereocenters. The van der Waals surface area contributed by atoms with E-state index < -0.39 is 54.3 Å². The summed E-state index contributed by atoms with van der Waals surface area (Å²) in [6.45, 7) is 0. The minimum Gasteiger partial charge on any atom is -0.505 e. The molecule has 0 radical (unpaired) electrons. The molecule has 4 aromatic carbocycles. The number of carbonyl (C=O) groups is 2. The van der Waals surface area contributed by atoms with Gasteiger partial charge in [0.15, 0.2) is 27.1 Å². The van der Waals surface area contributed by atoms with Gasteiger partial charge in [-0.3, -0.25) is 23.3 Å². The van der Waals surface area contributed by atoms with Gasteiger partial charge in [-0.15, -0.1) is 0 Å². The predicted octanol–water partition coefficient (Wildman–Crippen LogP) is 6.38. The molecule has 0 fully saturated rings. The maximum atomic E-state index is 15.0. The van der Waals surface area contributed by atoms with Crippen molar-refractivity contribution in [1.82, 2.24) is 0 Å². The van der Waals surface area contributed by atoms with Crippen molar-refractivity contribution in [3.8, 4) is 11.5 Å². The lowest BCUT2D eigenvalue weighted by molar-refractivity contribution is 0.0989. The number of nitrogens with zero attached hydrogens (tertiary/aromatic N) is 2. The number of sulfone groups is 1. The maximum Gasteiger partial charge on any atom is 0.259 e. The Balaban J connectivity index is 1.44. The molecule has 6 rings (SSSR count). The fraction of sp³-hybridized carbons (Fsp3) is 0.0714. The van der Waals surface area contributed by atoms with Crippen molar-refractivity contribution in [2.24, 2.45) is 0 Å². The molecule has 16 heteroatoms. The maximum absolute atomic E-state index is 15.0. The largest absolute Gasteiger partial charge is 0.505 e. The molecule has 228 valence electrons. The summed E-state index contributed by atoms with van der Waals surface area (Å²) < 4.78 is 54.8. The van der Waals surface area contributed by atoms with E-state index in [4.69, 9.17) is 46.4 Å². The van der Waals surface area contributed by atoms with E-state index >= 15 is 0 Å². The first kappa shape index (κ1) is 30.7. The van der Waals surface area contributed by atoms with Crippen molar-refractivity contribution in [3.05, 3.63) is 104 Å². The number of hydrogen-bond acceptors (Lipinski definition) is 7. The average molecular weight is 716 g/mol. The zero-order valence-corrected chi connectivity index (χ0v) is 26.5. The molecule has 0 aliphatic carbocycles. The van der Waals surface area contributed by atoms with Crippen LogP contribution in [-0.4, -0.2) is 50.8 Å². The van der Waals surface area contributed by atoms with Gasteiger partial charge in [-0.1, -0.05) is 68.1 Å². The first-order chi connectivity index (χ1) is 20.5. The Morgan fingerprint density at radius 1 is 0.750 bits per heavy atom. The summed E-state index contributed by atoms with van der Waals surface area (Å²) in [7, 11) is -9.63. The van der Waals surface area contributed by atoms with Gasteiger partial charge in [-0.25, -0.2) is 8.42 Å². The van der Waals surface area contributed by atoms with Gasteiger partial charge in [-0.2, -0.15) is 4.21 Å². The van der Waals surface area contributed by atoms with Crippen molar-refractivity contribution in [2.75, 3.05) is 21.0 Å². The second-order valence-corrected chi connectivity index (χ2v) is 16.8. The molecule has 0 saturated heterocycles. The number of anilines is 2. The van der Waals surface area contributed by atoms with Crippen LogP contribution in [0.25, 0.3) is 0 Å². The lowest BCUT2D eigenvalue weighted by Crippen LogP contribution is -2.54. The number of para-hydroxylation sites is 1. The highest BCUT2D eigenvalue weighted by molar-refractivity contribution is 8.17. The van der Waals surface area contributed by atoms with Gasteiger partial charge in [0, 0.05) is 16.7 Å². The first-order valence-electron chi connectivity index (χ1n) is 12.4. The number of benzene rings is 4. The Kier molecular flexibility index (Phi) is 7.02.